The zero-order valence-electron chi connectivity index (χ0n) is 11.3. The fourth-order valence-corrected chi connectivity index (χ4v) is 2.49. The average molecular weight is 295 g/mol. The van der Waals surface area contributed by atoms with Gasteiger partial charge in [-0.2, -0.15) is 5.10 Å². The summed E-state index contributed by atoms with van der Waals surface area (Å²) < 4.78 is 24.5. The van der Waals surface area contributed by atoms with Crippen molar-refractivity contribution in [1.82, 2.24) is 9.78 Å². The van der Waals surface area contributed by atoms with E-state index in [0.717, 1.165) is 5.56 Å². The molecule has 0 amide bonds. The van der Waals surface area contributed by atoms with Crippen LogP contribution in [0.15, 0.2) is 35.5 Å². The number of hydrogen-bond donors (Lipinski definition) is 2. The third-order valence-corrected chi connectivity index (χ3v) is 3.75. The average Bonchev–Trinajstić information content (AvgIpc) is 2.72. The summed E-state index contributed by atoms with van der Waals surface area (Å²) in [6, 6.07) is 4.55. The van der Waals surface area contributed by atoms with E-state index in [1.54, 1.807) is 16.9 Å². The first-order chi connectivity index (χ1) is 9.25. The molecule has 0 bridgehead atoms. The third kappa shape index (κ3) is 3.28. The molecular weight excluding hydrogens is 278 g/mol. The summed E-state index contributed by atoms with van der Waals surface area (Å²) in [5.74, 6) is 0. The van der Waals surface area contributed by atoms with Crippen molar-refractivity contribution in [2.24, 2.45) is 12.2 Å². The number of sulfonamides is 1. The molecule has 2 aromatic rings. The van der Waals surface area contributed by atoms with E-state index in [1.165, 1.54) is 12.1 Å². The van der Waals surface area contributed by atoms with Gasteiger partial charge in [-0.05, 0) is 18.2 Å². The second-order valence-corrected chi connectivity index (χ2v) is 6.24. The highest BCUT2D eigenvalue weighted by Crippen LogP contribution is 2.23. The standard InChI is InChI=1S/C12H17N5O2S/c1-16(7-9-6-15-17(2)8-9)11-3-10(13)4-12(5-11)20(14,18)19/h3-6,8H,7,13H2,1-2H3,(H2,14,18,19). The summed E-state index contributed by atoms with van der Waals surface area (Å²) in [6.45, 7) is 0.585. The van der Waals surface area contributed by atoms with Crippen LogP contribution in [0.4, 0.5) is 11.4 Å². The molecule has 1 heterocycles. The molecule has 0 aliphatic heterocycles. The number of anilines is 2. The number of benzene rings is 1. The van der Waals surface area contributed by atoms with E-state index in [1.807, 2.05) is 25.2 Å². The van der Waals surface area contributed by atoms with Crippen molar-refractivity contribution < 1.29 is 8.42 Å². The largest absolute Gasteiger partial charge is 0.399 e. The van der Waals surface area contributed by atoms with Crippen LogP contribution < -0.4 is 15.8 Å². The molecule has 4 N–H and O–H groups in total. The Balaban J connectivity index is 2.30. The summed E-state index contributed by atoms with van der Waals surface area (Å²) in [5, 5.41) is 9.22. The second kappa shape index (κ2) is 5.14. The Morgan fingerprint density at radius 2 is 2.05 bits per heavy atom. The van der Waals surface area contributed by atoms with Crippen molar-refractivity contribution >= 4 is 21.4 Å². The van der Waals surface area contributed by atoms with Gasteiger partial charge in [0.05, 0.1) is 11.1 Å². The van der Waals surface area contributed by atoms with Gasteiger partial charge in [0.1, 0.15) is 0 Å². The molecule has 0 saturated heterocycles. The lowest BCUT2D eigenvalue weighted by atomic mass is 10.2. The number of primary sulfonamides is 1. The molecule has 0 unspecified atom stereocenters. The van der Waals surface area contributed by atoms with Crippen LogP contribution in [0.3, 0.4) is 0 Å². The maximum atomic E-state index is 11.4. The zero-order chi connectivity index (χ0) is 14.9. The molecule has 0 radical (unpaired) electrons. The minimum absolute atomic E-state index is 0.00513. The van der Waals surface area contributed by atoms with Crippen molar-refractivity contribution in [3.63, 3.8) is 0 Å². The molecule has 0 spiro atoms. The summed E-state index contributed by atoms with van der Waals surface area (Å²) >= 11 is 0. The zero-order valence-corrected chi connectivity index (χ0v) is 12.1. The van der Waals surface area contributed by atoms with Gasteiger partial charge in [-0.25, -0.2) is 13.6 Å². The summed E-state index contributed by atoms with van der Waals surface area (Å²) in [7, 11) is -0.0948. The lowest BCUT2D eigenvalue weighted by Gasteiger charge is -2.19. The number of nitrogen functional groups attached to an aromatic ring is 1. The number of hydrogen-bond acceptors (Lipinski definition) is 5. The molecule has 7 nitrogen and oxygen atoms in total. The van der Waals surface area contributed by atoms with E-state index in [-0.39, 0.29) is 4.90 Å². The van der Waals surface area contributed by atoms with Crippen molar-refractivity contribution in [1.29, 1.82) is 0 Å². The van der Waals surface area contributed by atoms with Gasteiger partial charge in [0.15, 0.2) is 0 Å². The normalized spacial score (nSPS) is 11.6. The molecule has 0 saturated carbocycles. The highest BCUT2D eigenvalue weighted by molar-refractivity contribution is 7.89. The fourth-order valence-electron chi connectivity index (χ4n) is 1.91. The van der Waals surface area contributed by atoms with Crippen LogP contribution in [0, 0.1) is 0 Å². The van der Waals surface area contributed by atoms with Gasteiger partial charge < -0.3 is 10.6 Å². The first-order valence-electron chi connectivity index (χ1n) is 5.88. The van der Waals surface area contributed by atoms with Crippen LogP contribution in [-0.2, 0) is 23.6 Å². The number of aryl methyl sites for hydroxylation is 1. The van der Waals surface area contributed by atoms with Gasteiger partial charge in [-0.1, -0.05) is 0 Å². The third-order valence-electron chi connectivity index (χ3n) is 2.86. The number of nitrogens with two attached hydrogens (primary N) is 2. The van der Waals surface area contributed by atoms with E-state index in [2.05, 4.69) is 5.10 Å². The first kappa shape index (κ1) is 14.4. The number of nitrogens with zero attached hydrogens (tertiary/aromatic N) is 3. The predicted molar refractivity (Wildman–Crippen MR) is 77.5 cm³/mol. The quantitative estimate of drug-likeness (QED) is 0.788. The van der Waals surface area contributed by atoms with E-state index in [4.69, 9.17) is 10.9 Å². The molecule has 108 valence electrons. The van der Waals surface area contributed by atoms with Gasteiger partial charge in [0.25, 0.3) is 0 Å². The molecule has 2 rings (SSSR count). The SMILES string of the molecule is CN(Cc1cnn(C)c1)c1cc(N)cc(S(N)(=O)=O)c1. The molecule has 8 heteroatoms. The molecular formula is C12H17N5O2S. The summed E-state index contributed by atoms with van der Waals surface area (Å²) in [4.78, 5) is 1.88. The molecule has 1 aromatic carbocycles. The highest BCUT2D eigenvalue weighted by atomic mass is 32.2. The maximum Gasteiger partial charge on any atom is 0.238 e. The van der Waals surface area contributed by atoms with Crippen LogP contribution in [0.2, 0.25) is 0 Å². The van der Waals surface area contributed by atoms with Crippen LogP contribution in [0.5, 0.6) is 0 Å². The monoisotopic (exact) mass is 295 g/mol. The lowest BCUT2D eigenvalue weighted by Crippen LogP contribution is -2.18. The minimum Gasteiger partial charge on any atom is -0.399 e. The Kier molecular flexibility index (Phi) is 3.69. The Bertz CT molecular complexity index is 723. The van der Waals surface area contributed by atoms with Crippen molar-refractivity contribution in [3.8, 4) is 0 Å². The molecule has 0 aliphatic rings. The number of rotatable bonds is 4. The molecule has 1 aromatic heterocycles. The van der Waals surface area contributed by atoms with Crippen molar-refractivity contribution in [2.45, 2.75) is 11.4 Å². The molecule has 0 aliphatic carbocycles. The Labute approximate surface area is 117 Å². The summed E-state index contributed by atoms with van der Waals surface area (Å²) in [6.07, 6.45) is 3.65. The topological polar surface area (TPSA) is 107 Å². The van der Waals surface area contributed by atoms with E-state index < -0.39 is 10.0 Å². The van der Waals surface area contributed by atoms with E-state index in [0.29, 0.717) is 17.9 Å². The van der Waals surface area contributed by atoms with Crippen LogP contribution >= 0.6 is 0 Å². The smallest absolute Gasteiger partial charge is 0.238 e. The van der Waals surface area contributed by atoms with Gasteiger partial charge in [0.2, 0.25) is 10.0 Å². The van der Waals surface area contributed by atoms with Gasteiger partial charge >= 0.3 is 0 Å². The Hall–Kier alpha value is -2.06. The van der Waals surface area contributed by atoms with Gasteiger partial charge in [0, 0.05) is 43.8 Å². The van der Waals surface area contributed by atoms with Gasteiger partial charge in [-0.15, -0.1) is 0 Å². The van der Waals surface area contributed by atoms with Gasteiger partial charge in [-0.3, -0.25) is 4.68 Å². The van der Waals surface area contributed by atoms with Crippen LogP contribution in [-0.4, -0.2) is 25.2 Å². The molecule has 0 fully saturated rings. The number of aromatic nitrogens is 2. The van der Waals surface area contributed by atoms with Crippen LogP contribution in [0.25, 0.3) is 0 Å². The second-order valence-electron chi connectivity index (χ2n) is 4.68. The Morgan fingerprint density at radius 1 is 1.35 bits per heavy atom. The molecule has 0 atom stereocenters. The minimum atomic E-state index is -3.77. The Morgan fingerprint density at radius 3 is 2.60 bits per heavy atom. The first-order valence-corrected chi connectivity index (χ1v) is 7.42. The summed E-state index contributed by atoms with van der Waals surface area (Å²) in [5.41, 5.74) is 7.77. The van der Waals surface area contributed by atoms with Crippen molar-refractivity contribution in [2.75, 3.05) is 17.7 Å². The maximum absolute atomic E-state index is 11.4. The lowest BCUT2D eigenvalue weighted by molar-refractivity contribution is 0.598. The van der Waals surface area contributed by atoms with E-state index in [9.17, 15) is 8.42 Å². The van der Waals surface area contributed by atoms with Crippen LogP contribution in [0.1, 0.15) is 5.56 Å². The predicted octanol–water partition coefficient (Wildman–Crippen LogP) is 0.286. The fraction of sp³-hybridized carbons (Fsp3) is 0.250. The highest BCUT2D eigenvalue weighted by Gasteiger charge is 2.12. The van der Waals surface area contributed by atoms with E-state index >= 15 is 0 Å². The molecule has 20 heavy (non-hydrogen) atoms. The van der Waals surface area contributed by atoms with Crippen molar-refractivity contribution in [3.05, 3.63) is 36.2 Å².